The van der Waals surface area contributed by atoms with Gasteiger partial charge in [-0.2, -0.15) is 0 Å². The molecule has 0 spiro atoms. The first-order valence-electron chi connectivity index (χ1n) is 8.75. The molecule has 0 unspecified atom stereocenters. The first-order valence-corrected chi connectivity index (χ1v) is 13.2. The van der Waals surface area contributed by atoms with Crippen LogP contribution in [0.4, 0.5) is 39.5 Å². The average Bonchev–Trinajstić information content (AvgIpc) is 2.65. The summed E-state index contributed by atoms with van der Waals surface area (Å²) >= 11 is -4.10. The Morgan fingerprint density at radius 3 is 1.64 bits per heavy atom. The third kappa shape index (κ3) is 4.83. The maximum atomic E-state index is 14.2. The molecule has 0 atom stereocenters. The van der Waals surface area contributed by atoms with Crippen LogP contribution in [0.15, 0.2) is 42.5 Å². The summed E-state index contributed by atoms with van der Waals surface area (Å²) in [5.74, 6) is -14.7. The molecular formula is C19H16F9IO3S. The third-order valence-electron chi connectivity index (χ3n) is 4.26. The van der Waals surface area contributed by atoms with Gasteiger partial charge in [-0.15, -0.1) is 0 Å². The quantitative estimate of drug-likeness (QED) is 0.251. The Hall–Kier alpha value is -1.55. The zero-order valence-electron chi connectivity index (χ0n) is 17.0. The van der Waals surface area contributed by atoms with Crippen LogP contribution in [0.2, 0.25) is 0 Å². The van der Waals surface area contributed by atoms with Crippen LogP contribution in [-0.2, 0) is 12.6 Å². The first kappa shape index (κ1) is 27.7. The molecule has 0 aromatic heterocycles. The van der Waals surface area contributed by atoms with Crippen LogP contribution in [0.25, 0.3) is 0 Å². The van der Waals surface area contributed by atoms with Crippen LogP contribution >= 0.6 is 20.2 Å². The maximum absolute atomic E-state index is 14.2. The van der Waals surface area contributed by atoms with E-state index in [1.807, 2.05) is 0 Å². The molecule has 2 rings (SSSR count). The van der Waals surface area contributed by atoms with Crippen LogP contribution in [0, 0.1) is 27.9 Å². The van der Waals surface area contributed by atoms with Gasteiger partial charge in [0.05, 0.1) is 0 Å². The molecule has 0 amide bonds. The fourth-order valence-corrected chi connectivity index (χ4v) is 10.4. The summed E-state index contributed by atoms with van der Waals surface area (Å²) in [6.45, 7) is 4.59. The van der Waals surface area contributed by atoms with Gasteiger partial charge in [0.25, 0.3) is 0 Å². The number of alkyl halides is 9. The van der Waals surface area contributed by atoms with Gasteiger partial charge in [0, 0.05) is 0 Å². The van der Waals surface area contributed by atoms with E-state index in [1.54, 1.807) is 6.92 Å². The molecule has 3 nitrogen and oxygen atoms in total. The van der Waals surface area contributed by atoms with E-state index < -0.39 is 53.6 Å². The molecule has 0 N–H and O–H groups in total. The zero-order chi connectivity index (χ0) is 25.6. The minimum atomic E-state index is -7.36. The van der Waals surface area contributed by atoms with E-state index in [1.165, 1.54) is 56.3 Å². The van der Waals surface area contributed by atoms with Crippen molar-refractivity contribution >= 4 is 30.4 Å². The first-order chi connectivity index (χ1) is 14.8. The standard InChI is InChI=1S/C19H16F9IO3S/c1-11-9-12(2)15(13(3)10-11)29(14-7-5-4-6-8-14)32-33(30,31)19(27,28)17(22,23)16(20,21)18(24,25)26/h4-10H,1-3H3. The number of halogens is 10. The molecule has 0 saturated heterocycles. The minimum absolute atomic E-state index is 0.00188. The van der Waals surface area contributed by atoms with E-state index in [9.17, 15) is 47.9 Å². The van der Waals surface area contributed by atoms with E-state index in [-0.39, 0.29) is 7.14 Å². The second-order valence-corrected chi connectivity index (χ2v) is 13.3. The SMILES string of the molecule is Cc1cc(C)c(I(OS(=O)(=O)C(F)(F)C(F)(F)C(F)(F)C(F)(F)F)c2ccccc2)c(C)c1. The Balaban J connectivity index is 2.68. The second kappa shape index (κ2) is 8.91. The number of aryl methyl sites for hydroxylation is 3. The molecule has 0 fully saturated rings. The Labute approximate surface area is 191 Å². The normalized spacial score (nSPS) is 14.4. The van der Waals surface area contributed by atoms with Crippen molar-refractivity contribution in [3.63, 3.8) is 0 Å². The second-order valence-electron chi connectivity index (χ2n) is 6.94. The predicted octanol–water partition coefficient (Wildman–Crippen LogP) is 6.84. The van der Waals surface area contributed by atoms with Gasteiger partial charge < -0.3 is 0 Å². The monoisotopic (exact) mass is 622 g/mol. The zero-order valence-corrected chi connectivity index (χ0v) is 19.9. The van der Waals surface area contributed by atoms with Gasteiger partial charge in [-0.1, -0.05) is 0 Å². The summed E-state index contributed by atoms with van der Waals surface area (Å²) in [4.78, 5) is 0. The number of benzene rings is 2. The van der Waals surface area contributed by atoms with E-state index in [0.717, 1.165) is 0 Å². The fourth-order valence-electron chi connectivity index (χ4n) is 2.78. The Kier molecular flexibility index (Phi) is 7.48. The van der Waals surface area contributed by atoms with Gasteiger partial charge in [-0.3, -0.25) is 0 Å². The number of hydrogen-bond acceptors (Lipinski definition) is 3. The summed E-state index contributed by atoms with van der Waals surface area (Å²) in [5, 5.41) is -6.91. The van der Waals surface area contributed by atoms with Crippen LogP contribution in [0.1, 0.15) is 16.7 Å². The number of hydrogen-bond donors (Lipinski definition) is 0. The molecule has 0 heterocycles. The van der Waals surface area contributed by atoms with E-state index >= 15 is 0 Å². The van der Waals surface area contributed by atoms with Crippen molar-refractivity contribution in [1.29, 1.82) is 0 Å². The van der Waals surface area contributed by atoms with E-state index in [0.29, 0.717) is 16.7 Å². The van der Waals surface area contributed by atoms with Crippen molar-refractivity contribution < 1.29 is 50.4 Å². The molecular weight excluding hydrogens is 606 g/mol. The molecule has 14 heteroatoms. The van der Waals surface area contributed by atoms with E-state index in [2.05, 4.69) is 2.51 Å². The summed E-state index contributed by atoms with van der Waals surface area (Å²) in [7, 11) is -6.99. The molecule has 0 saturated carbocycles. The van der Waals surface area contributed by atoms with Crippen molar-refractivity contribution in [3.05, 3.63) is 66.3 Å². The van der Waals surface area contributed by atoms with Crippen molar-refractivity contribution in [2.45, 2.75) is 44.0 Å². The summed E-state index contributed by atoms with van der Waals surface area (Å²) in [6.07, 6.45) is -7.16. The van der Waals surface area contributed by atoms with Crippen LogP contribution in [0.5, 0.6) is 0 Å². The van der Waals surface area contributed by atoms with Crippen molar-refractivity contribution in [1.82, 2.24) is 0 Å². The molecule has 0 aliphatic rings. The number of rotatable bonds is 7. The van der Waals surface area contributed by atoms with E-state index in [4.69, 9.17) is 0 Å². The summed E-state index contributed by atoms with van der Waals surface area (Å²) in [6, 6.07) is 9.73. The van der Waals surface area contributed by atoms with Gasteiger partial charge in [-0.05, 0) is 0 Å². The average molecular weight is 622 g/mol. The molecule has 2 aromatic rings. The topological polar surface area (TPSA) is 43.4 Å². The molecule has 0 aliphatic heterocycles. The van der Waals surface area contributed by atoms with Crippen LogP contribution in [-0.4, -0.2) is 31.7 Å². The van der Waals surface area contributed by atoms with Crippen LogP contribution in [0.3, 0.4) is 0 Å². The van der Waals surface area contributed by atoms with Crippen molar-refractivity contribution in [2.75, 3.05) is 0 Å². The molecule has 33 heavy (non-hydrogen) atoms. The van der Waals surface area contributed by atoms with Gasteiger partial charge in [0.1, 0.15) is 0 Å². The van der Waals surface area contributed by atoms with Crippen LogP contribution < -0.4 is 0 Å². The Morgan fingerprint density at radius 2 is 1.21 bits per heavy atom. The molecule has 0 bridgehead atoms. The Morgan fingerprint density at radius 1 is 0.758 bits per heavy atom. The van der Waals surface area contributed by atoms with Gasteiger partial charge in [0.2, 0.25) is 0 Å². The van der Waals surface area contributed by atoms with Crippen molar-refractivity contribution in [2.24, 2.45) is 0 Å². The van der Waals surface area contributed by atoms with Gasteiger partial charge >= 0.3 is 191 Å². The summed E-state index contributed by atoms with van der Waals surface area (Å²) < 4.78 is 149. The van der Waals surface area contributed by atoms with Gasteiger partial charge in [0.15, 0.2) is 0 Å². The van der Waals surface area contributed by atoms with Gasteiger partial charge in [-0.25, -0.2) is 0 Å². The molecule has 2 aromatic carbocycles. The Bertz CT molecular complexity index is 1090. The molecule has 186 valence electrons. The fraction of sp³-hybridized carbons (Fsp3) is 0.368. The molecule has 0 radical (unpaired) electrons. The summed E-state index contributed by atoms with van der Waals surface area (Å²) in [5.41, 5.74) is 1.36. The predicted molar refractivity (Wildman–Crippen MR) is 109 cm³/mol. The van der Waals surface area contributed by atoms with Crippen molar-refractivity contribution in [3.8, 4) is 0 Å². The molecule has 0 aliphatic carbocycles. The third-order valence-corrected chi connectivity index (χ3v) is 12.5.